The molecule has 0 aliphatic carbocycles. The van der Waals surface area contributed by atoms with Gasteiger partial charge in [-0.05, 0) is 30.3 Å². The molecule has 0 spiro atoms. The zero-order valence-corrected chi connectivity index (χ0v) is 21.0. The zero-order chi connectivity index (χ0) is 27.7. The molecule has 0 saturated carbocycles. The van der Waals surface area contributed by atoms with Crippen molar-refractivity contribution in [3.05, 3.63) is 76.3 Å². The Morgan fingerprint density at radius 2 is 1.69 bits per heavy atom. The summed E-state index contributed by atoms with van der Waals surface area (Å²) in [5.74, 6) is 0.159. The van der Waals surface area contributed by atoms with Gasteiger partial charge in [0.15, 0.2) is 17.2 Å². The molecular weight excluding hydrogens is 506 g/mol. The van der Waals surface area contributed by atoms with Crippen molar-refractivity contribution in [3.63, 3.8) is 0 Å². The number of azo groups is 1. The second-order valence-electron chi connectivity index (χ2n) is 8.30. The number of carbonyl (C=O) groups is 1. The third kappa shape index (κ3) is 4.55. The highest BCUT2D eigenvalue weighted by atomic mass is 16.6. The number of non-ortho nitro benzene ring substituents is 1. The molecule has 2 heterocycles. The van der Waals surface area contributed by atoms with Crippen LogP contribution in [0.15, 0.2) is 70.9 Å². The standard InChI is InChI=1S/C27H21N5O7/c1-37-22-10-14(11-23(38-2)25(22)39-3)21-13-17(16-6-4-5-7-19(16)28-21)26(33)31-30-24-18-12-15(32(35)36)8-9-20(18)29-27(24)34/h4-13,29,34H,1-3H3. The van der Waals surface area contributed by atoms with Crippen molar-refractivity contribution in [2.24, 2.45) is 10.2 Å². The number of benzene rings is 3. The van der Waals surface area contributed by atoms with Crippen LogP contribution in [0.1, 0.15) is 10.4 Å². The first-order chi connectivity index (χ1) is 18.8. The molecule has 196 valence electrons. The fourth-order valence-electron chi connectivity index (χ4n) is 4.24. The number of amides is 1. The smallest absolute Gasteiger partial charge is 0.296 e. The predicted molar refractivity (Wildman–Crippen MR) is 142 cm³/mol. The summed E-state index contributed by atoms with van der Waals surface area (Å²) in [4.78, 5) is 31.4. The number of aromatic amines is 1. The number of aromatic nitrogens is 2. The highest BCUT2D eigenvalue weighted by Gasteiger charge is 2.19. The van der Waals surface area contributed by atoms with Gasteiger partial charge in [0.25, 0.3) is 11.6 Å². The average molecular weight is 527 g/mol. The molecule has 5 rings (SSSR count). The number of carbonyl (C=O) groups excluding carboxylic acids is 1. The molecule has 12 heteroatoms. The van der Waals surface area contributed by atoms with E-state index in [0.29, 0.717) is 44.9 Å². The first-order valence-corrected chi connectivity index (χ1v) is 11.5. The minimum atomic E-state index is -0.707. The van der Waals surface area contributed by atoms with Gasteiger partial charge in [0.05, 0.1) is 48.5 Å². The molecule has 5 aromatic rings. The molecule has 3 aromatic carbocycles. The number of pyridine rings is 1. The molecule has 2 aromatic heterocycles. The van der Waals surface area contributed by atoms with Crippen LogP contribution in [0.5, 0.6) is 23.1 Å². The third-order valence-electron chi connectivity index (χ3n) is 6.09. The van der Waals surface area contributed by atoms with Crippen LogP contribution in [0.25, 0.3) is 33.1 Å². The SMILES string of the molecule is COc1cc(-c2cc(C(=O)N=Nc3c(O)[nH]c4ccc([N+](=O)[O-])cc34)c3ccccc3n2)cc(OC)c1OC. The molecule has 0 atom stereocenters. The van der Waals surface area contributed by atoms with Crippen molar-refractivity contribution in [1.29, 1.82) is 0 Å². The van der Waals surface area contributed by atoms with Gasteiger partial charge in [-0.3, -0.25) is 14.9 Å². The molecule has 2 N–H and O–H groups in total. The number of ether oxygens (including phenoxy) is 3. The van der Waals surface area contributed by atoms with Crippen LogP contribution in [0, 0.1) is 10.1 Å². The molecule has 0 fully saturated rings. The lowest BCUT2D eigenvalue weighted by molar-refractivity contribution is -0.384. The molecule has 0 aliphatic heterocycles. The van der Waals surface area contributed by atoms with E-state index in [1.165, 1.54) is 39.5 Å². The number of H-pyrrole nitrogens is 1. The molecule has 0 unspecified atom stereocenters. The minimum Gasteiger partial charge on any atom is -0.493 e. The van der Waals surface area contributed by atoms with Gasteiger partial charge in [0.2, 0.25) is 11.6 Å². The lowest BCUT2D eigenvalue weighted by atomic mass is 10.0. The summed E-state index contributed by atoms with van der Waals surface area (Å²) in [7, 11) is 4.50. The van der Waals surface area contributed by atoms with Crippen LogP contribution in [-0.4, -0.2) is 47.2 Å². The Morgan fingerprint density at radius 3 is 2.36 bits per heavy atom. The van der Waals surface area contributed by atoms with Crippen LogP contribution >= 0.6 is 0 Å². The summed E-state index contributed by atoms with van der Waals surface area (Å²) in [6.45, 7) is 0. The van der Waals surface area contributed by atoms with Gasteiger partial charge in [-0.25, -0.2) is 4.98 Å². The summed E-state index contributed by atoms with van der Waals surface area (Å²) in [5.41, 5.74) is 1.90. The number of hydrogen-bond acceptors (Lipinski definition) is 9. The number of para-hydroxylation sites is 1. The molecule has 1 amide bonds. The Hall–Kier alpha value is -5.52. The van der Waals surface area contributed by atoms with Crippen LogP contribution in [-0.2, 0) is 0 Å². The van der Waals surface area contributed by atoms with Crippen molar-refractivity contribution < 1.29 is 29.0 Å². The van der Waals surface area contributed by atoms with Crippen molar-refractivity contribution >= 4 is 39.1 Å². The van der Waals surface area contributed by atoms with Crippen LogP contribution < -0.4 is 14.2 Å². The average Bonchev–Trinajstić information content (AvgIpc) is 3.28. The predicted octanol–water partition coefficient (Wildman–Crippen LogP) is 5.95. The second-order valence-corrected chi connectivity index (χ2v) is 8.30. The molecule has 39 heavy (non-hydrogen) atoms. The van der Waals surface area contributed by atoms with E-state index >= 15 is 0 Å². The number of methoxy groups -OCH3 is 3. The Kier molecular flexibility index (Phi) is 6.51. The van der Waals surface area contributed by atoms with E-state index in [1.54, 1.807) is 42.5 Å². The largest absolute Gasteiger partial charge is 0.493 e. The summed E-state index contributed by atoms with van der Waals surface area (Å²) >= 11 is 0. The highest BCUT2D eigenvalue weighted by molar-refractivity contribution is 6.07. The van der Waals surface area contributed by atoms with Crippen molar-refractivity contribution in [2.75, 3.05) is 21.3 Å². The maximum Gasteiger partial charge on any atom is 0.296 e. The number of hydrogen-bond donors (Lipinski definition) is 2. The lowest BCUT2D eigenvalue weighted by Crippen LogP contribution is -2.00. The highest BCUT2D eigenvalue weighted by Crippen LogP contribution is 2.42. The third-order valence-corrected chi connectivity index (χ3v) is 6.09. The van der Waals surface area contributed by atoms with E-state index in [2.05, 4.69) is 15.2 Å². The van der Waals surface area contributed by atoms with E-state index in [-0.39, 0.29) is 28.2 Å². The van der Waals surface area contributed by atoms with Gasteiger partial charge in [-0.2, -0.15) is 0 Å². The number of nitrogens with zero attached hydrogens (tertiary/aromatic N) is 4. The first-order valence-electron chi connectivity index (χ1n) is 11.5. The van der Waals surface area contributed by atoms with Crippen molar-refractivity contribution in [2.45, 2.75) is 0 Å². The minimum absolute atomic E-state index is 0.0923. The Bertz CT molecular complexity index is 1770. The molecule has 12 nitrogen and oxygen atoms in total. The molecule has 0 radical (unpaired) electrons. The number of nitro benzene ring substituents is 1. The van der Waals surface area contributed by atoms with Gasteiger partial charge in [0.1, 0.15) is 0 Å². The topological polar surface area (TPSA) is 162 Å². The van der Waals surface area contributed by atoms with Crippen LogP contribution in [0.4, 0.5) is 11.4 Å². The summed E-state index contributed by atoms with van der Waals surface area (Å²) < 4.78 is 16.3. The number of fused-ring (bicyclic) bond motifs is 2. The number of nitrogens with one attached hydrogen (secondary N) is 1. The van der Waals surface area contributed by atoms with Crippen LogP contribution in [0.3, 0.4) is 0 Å². The van der Waals surface area contributed by atoms with Gasteiger partial charge >= 0.3 is 0 Å². The Morgan fingerprint density at radius 1 is 0.974 bits per heavy atom. The van der Waals surface area contributed by atoms with E-state index in [1.807, 2.05) is 0 Å². The quantitative estimate of drug-likeness (QED) is 0.149. The molecule has 0 bridgehead atoms. The van der Waals surface area contributed by atoms with Gasteiger partial charge in [-0.1, -0.05) is 18.2 Å². The maximum absolute atomic E-state index is 13.3. The van der Waals surface area contributed by atoms with E-state index in [0.717, 1.165) is 0 Å². The number of rotatable bonds is 7. The monoisotopic (exact) mass is 527 g/mol. The second kappa shape index (κ2) is 10.1. The van der Waals surface area contributed by atoms with Crippen molar-refractivity contribution in [1.82, 2.24) is 9.97 Å². The van der Waals surface area contributed by atoms with Crippen molar-refractivity contribution in [3.8, 4) is 34.4 Å². The first kappa shape index (κ1) is 25.1. The van der Waals surface area contributed by atoms with Gasteiger partial charge < -0.3 is 24.3 Å². The van der Waals surface area contributed by atoms with Crippen LogP contribution in [0.2, 0.25) is 0 Å². The van der Waals surface area contributed by atoms with E-state index in [4.69, 9.17) is 19.2 Å². The molecule has 0 saturated heterocycles. The lowest BCUT2D eigenvalue weighted by Gasteiger charge is -2.14. The molecule has 0 aliphatic rings. The summed E-state index contributed by atoms with van der Waals surface area (Å²) in [6.07, 6.45) is 0. The zero-order valence-electron chi connectivity index (χ0n) is 21.0. The molecular formula is C27H21N5O7. The Labute approximate surface area is 220 Å². The number of aromatic hydroxyl groups is 1. The normalized spacial score (nSPS) is 11.3. The van der Waals surface area contributed by atoms with Gasteiger partial charge in [-0.15, -0.1) is 10.2 Å². The van der Waals surface area contributed by atoms with E-state index in [9.17, 15) is 20.0 Å². The summed E-state index contributed by atoms with van der Waals surface area (Å²) in [6, 6.07) is 16.0. The fraction of sp³-hybridized carbons (Fsp3) is 0.111. The fourth-order valence-corrected chi connectivity index (χ4v) is 4.24. The summed E-state index contributed by atoms with van der Waals surface area (Å²) in [5, 5.41) is 30.1. The Balaban J connectivity index is 1.61. The van der Waals surface area contributed by atoms with Gasteiger partial charge in [0, 0.05) is 28.5 Å². The maximum atomic E-state index is 13.3. The van der Waals surface area contributed by atoms with E-state index < -0.39 is 10.8 Å². The number of nitro groups is 1.